The molecule has 8 aromatic heterocycles. The van der Waals surface area contributed by atoms with Crippen molar-refractivity contribution in [2.45, 2.75) is 161 Å². The molecule has 2 aliphatic rings. The van der Waals surface area contributed by atoms with E-state index in [1.54, 1.807) is 85.6 Å². The fraction of sp³-hybridized carbons (Fsp3) is 0.373. The van der Waals surface area contributed by atoms with Gasteiger partial charge in [0.15, 0.2) is 23.3 Å². The van der Waals surface area contributed by atoms with Crippen molar-refractivity contribution in [2.75, 3.05) is 85.6 Å². The second-order valence-electron chi connectivity index (χ2n) is 27.0. The second-order valence-corrected chi connectivity index (χ2v) is 27.0. The predicted octanol–water partition coefficient (Wildman–Crippen LogP) is 13.7. The van der Waals surface area contributed by atoms with Crippen LogP contribution in [0.3, 0.4) is 0 Å². The number of nitrogens with two attached hydrogens (primary N) is 2. The molecule has 2 aliphatic heterocycles. The van der Waals surface area contributed by atoms with Crippen molar-refractivity contribution in [1.29, 1.82) is 0 Å². The van der Waals surface area contributed by atoms with Gasteiger partial charge in [-0.25, -0.2) is 24.7 Å². The van der Waals surface area contributed by atoms with Gasteiger partial charge < -0.3 is 82.2 Å². The molecule has 0 fully saturated rings. The van der Waals surface area contributed by atoms with Crippen molar-refractivity contribution < 1.29 is 43.1 Å². The second kappa shape index (κ2) is 44.2. The van der Waals surface area contributed by atoms with Crippen LogP contribution in [0.15, 0.2) is 148 Å². The van der Waals surface area contributed by atoms with Gasteiger partial charge in [0.1, 0.15) is 68.6 Å². The van der Waals surface area contributed by atoms with E-state index < -0.39 is 24.0 Å². The van der Waals surface area contributed by atoms with Gasteiger partial charge in [0.2, 0.25) is 29.7 Å². The van der Waals surface area contributed by atoms with Crippen molar-refractivity contribution in [3.8, 4) is 34.5 Å². The maximum atomic E-state index is 11.9. The first kappa shape index (κ1) is 85.9. The van der Waals surface area contributed by atoms with Crippen LogP contribution in [0.25, 0.3) is 44.1 Å². The zero-order valence-electron chi connectivity index (χ0n) is 67.6. The number of pyridine rings is 4. The van der Waals surface area contributed by atoms with E-state index in [1.165, 1.54) is 0 Å². The molecule has 13 rings (SSSR count). The number of fused-ring (bicyclic) bond motifs is 4. The number of rotatable bonds is 39. The number of hydrogen-bond acceptors (Lipinski definition) is 32. The number of nitrogens with zero attached hydrogens (tertiary/aromatic N) is 16. The smallest absolute Gasteiger partial charge is 0.326 e. The number of methoxy groups -OCH3 is 6. The SMILES string of the molecule is CCCC[C@@H](Nc1nc(N)nc2cccnc12)C1=NN=CC1.CCCC[C@@H](Nc1nc(NCc2ccc(OC)cc2OC)nc2cccnc12)C(=O)O.CCCC[C@@H](Nc1nc(NCc2ccc(OC)cc2OC)nc2cccnc12)C(N)=O.CCCC[C@@H](Nc1nc(NCc2ccc(OC)cc2OC)nc2cccnc12)C1=NN=CC1. The Kier molecular flexibility index (Phi) is 32.4. The van der Waals surface area contributed by atoms with Gasteiger partial charge in [-0.3, -0.25) is 24.7 Å². The predicted molar refractivity (Wildman–Crippen MR) is 460 cm³/mol. The molecule has 0 aliphatic carbocycles. The summed E-state index contributed by atoms with van der Waals surface area (Å²) in [5, 5.41) is 49.1. The molecule has 0 saturated heterocycles. The number of nitrogens with one attached hydrogen (secondary N) is 7. The molecule has 12 N–H and O–H groups in total. The van der Waals surface area contributed by atoms with Crippen molar-refractivity contribution >= 4 is 127 Å². The van der Waals surface area contributed by atoms with E-state index in [9.17, 15) is 14.7 Å². The first-order valence-corrected chi connectivity index (χ1v) is 39.0. The van der Waals surface area contributed by atoms with E-state index in [4.69, 9.17) is 44.9 Å². The van der Waals surface area contributed by atoms with Crippen LogP contribution in [0, 0.1) is 0 Å². The molecule has 1 amide bonds. The van der Waals surface area contributed by atoms with Crippen LogP contribution < -0.4 is 77.1 Å². The minimum absolute atomic E-state index is 0.0436. The van der Waals surface area contributed by atoms with Crippen LogP contribution in [0.1, 0.15) is 134 Å². The Morgan fingerprint density at radius 1 is 0.419 bits per heavy atom. The van der Waals surface area contributed by atoms with Gasteiger partial charge in [0, 0.05) is 105 Å². The number of carbonyl (C=O) groups is 2. The number of hydrogen-bond donors (Lipinski definition) is 10. The van der Waals surface area contributed by atoms with Gasteiger partial charge in [-0.05, 0) is 111 Å². The maximum absolute atomic E-state index is 11.9. The Balaban J connectivity index is 0.000000166. The highest BCUT2D eigenvalue weighted by Gasteiger charge is 2.25. The molecule has 10 heterocycles. The number of aromatic nitrogens is 12. The van der Waals surface area contributed by atoms with E-state index in [1.807, 2.05) is 104 Å². The van der Waals surface area contributed by atoms with Crippen molar-refractivity contribution in [1.82, 2.24) is 59.8 Å². The lowest BCUT2D eigenvalue weighted by Gasteiger charge is -2.20. The van der Waals surface area contributed by atoms with E-state index in [-0.39, 0.29) is 18.0 Å². The lowest BCUT2D eigenvalue weighted by atomic mass is 10.0. The summed E-state index contributed by atoms with van der Waals surface area (Å²) in [4.78, 5) is 77.3. The fourth-order valence-corrected chi connectivity index (χ4v) is 12.5. The standard InChI is InChI=1S/C24H29N7O2.C22H28N6O3.C22H27N5O4.C15H19N7/c1-4-5-7-18(19-11-13-27-31-19)28-23-22-20(8-6-12-25-22)29-24(30-23)26-15-16-9-10-17(32-2)14-21(16)33-3;1-4-5-7-17(20(23)29)26-21-19-16(8-6-11-24-19)27-22(28-21)25-13-14-9-10-15(30-2)12-18(14)31-3;1-4-5-7-17(21(28)29)25-20-19-16(8-6-11-23-19)26-22(27-20)24-13-14-9-10-15(30-2)12-18(14)31-3;1-2-3-5-10(11-7-9-18-22-11)19-14-13-12(6-4-8-17-13)20-15(16)21-14/h6,8-10,12-14,18H,4-5,7,11,15H2,1-3H3,(H2,26,28,29,30);6,8-12,17H,4-5,7,13H2,1-3H3,(H2,23,29)(H2,25,26,27,28);6,8-12,17H,4-5,7,13H2,1-3H3,(H,28,29)(H2,24,25,26,27);4,6,8-10H,2-3,5,7H2,1H3,(H3,16,19,20,21)/t18-;2*17-;10-/m1111/s1. The third-order valence-corrected chi connectivity index (χ3v) is 18.8. The number of benzene rings is 3. The van der Waals surface area contributed by atoms with E-state index in [0.717, 1.165) is 139 Å². The molecule has 11 aromatic rings. The van der Waals surface area contributed by atoms with Crippen LogP contribution in [-0.4, -0.2) is 167 Å². The van der Waals surface area contributed by atoms with Gasteiger partial charge >= 0.3 is 5.97 Å². The first-order chi connectivity index (χ1) is 57.1. The first-order valence-electron chi connectivity index (χ1n) is 39.0. The Bertz CT molecular complexity index is 5080. The van der Waals surface area contributed by atoms with Crippen LogP contribution in [0.2, 0.25) is 0 Å². The summed E-state index contributed by atoms with van der Waals surface area (Å²) in [5.41, 5.74) is 21.6. The van der Waals surface area contributed by atoms with E-state index in [0.29, 0.717) is 119 Å². The number of carboxylic acids is 1. The highest BCUT2D eigenvalue weighted by Crippen LogP contribution is 2.32. The number of primary amides is 1. The normalized spacial score (nSPS) is 12.9. The molecule has 0 spiro atoms. The number of amides is 1. The Hall–Kier alpha value is -13.6. The number of anilines is 8. The molecule has 0 radical (unpaired) electrons. The minimum atomic E-state index is -0.923. The molecular formula is C83H103N25O9. The van der Waals surface area contributed by atoms with Crippen molar-refractivity contribution in [3.05, 3.63) is 145 Å². The average molecular weight is 1590 g/mol. The lowest BCUT2D eigenvalue weighted by Crippen LogP contribution is -2.35. The van der Waals surface area contributed by atoms with Crippen LogP contribution in [-0.2, 0) is 29.2 Å². The number of carboxylic acid groups (broad SMARTS) is 1. The lowest BCUT2D eigenvalue weighted by molar-refractivity contribution is -0.138. The summed E-state index contributed by atoms with van der Waals surface area (Å²) in [7, 11) is 9.69. The van der Waals surface area contributed by atoms with Gasteiger partial charge in [-0.1, -0.05) is 79.1 Å². The quantitative estimate of drug-likeness (QED) is 0.0171. The van der Waals surface area contributed by atoms with Crippen molar-refractivity contribution in [3.63, 3.8) is 0 Å². The highest BCUT2D eigenvalue weighted by molar-refractivity contribution is 6.04. The number of nitrogen functional groups attached to an aromatic ring is 1. The summed E-state index contributed by atoms with van der Waals surface area (Å²) in [6, 6.07) is 30.5. The summed E-state index contributed by atoms with van der Waals surface area (Å²) in [5.74, 6) is 6.62. The minimum Gasteiger partial charge on any atom is -0.497 e. The summed E-state index contributed by atoms with van der Waals surface area (Å²) in [6.07, 6.45) is 22.9. The van der Waals surface area contributed by atoms with Crippen LogP contribution in [0.5, 0.6) is 34.5 Å². The zero-order valence-corrected chi connectivity index (χ0v) is 67.6. The third kappa shape index (κ3) is 24.2. The van der Waals surface area contributed by atoms with Crippen LogP contribution >= 0.6 is 0 Å². The molecule has 4 atom stereocenters. The molecule has 614 valence electrons. The van der Waals surface area contributed by atoms with Gasteiger partial charge in [-0.2, -0.15) is 40.3 Å². The number of ether oxygens (including phenoxy) is 6. The molecule has 0 bridgehead atoms. The largest absolute Gasteiger partial charge is 0.497 e. The van der Waals surface area contributed by atoms with Gasteiger partial charge in [0.05, 0.1) is 88.2 Å². The Morgan fingerprint density at radius 3 is 1.08 bits per heavy atom. The van der Waals surface area contributed by atoms with Gasteiger partial charge in [-0.15, -0.1) is 0 Å². The Morgan fingerprint density at radius 2 is 0.752 bits per heavy atom. The molecule has 0 unspecified atom stereocenters. The topological polar surface area (TPSA) is 450 Å². The summed E-state index contributed by atoms with van der Waals surface area (Å²) < 4.78 is 32.2. The van der Waals surface area contributed by atoms with Gasteiger partial charge in [0.25, 0.3) is 0 Å². The van der Waals surface area contributed by atoms with Crippen molar-refractivity contribution in [2.24, 2.45) is 26.1 Å². The van der Waals surface area contributed by atoms with E-state index >= 15 is 0 Å². The highest BCUT2D eigenvalue weighted by atomic mass is 16.5. The summed E-state index contributed by atoms with van der Waals surface area (Å²) >= 11 is 0. The maximum Gasteiger partial charge on any atom is 0.326 e. The van der Waals surface area contributed by atoms with E-state index in [2.05, 4.69) is 133 Å². The monoisotopic (exact) mass is 1590 g/mol. The fourth-order valence-electron chi connectivity index (χ4n) is 12.5. The summed E-state index contributed by atoms with van der Waals surface area (Å²) in [6.45, 7) is 9.79. The van der Waals surface area contributed by atoms with Crippen LogP contribution in [0.4, 0.5) is 47.1 Å². The zero-order chi connectivity index (χ0) is 82.8. The number of aliphatic carboxylic acids is 1. The molecule has 0 saturated carbocycles. The molecule has 34 heteroatoms. The molecular weight excluding hydrogens is 1490 g/mol. The average Bonchev–Trinajstić information content (AvgIpc) is 1.52. The number of carbonyl (C=O) groups excluding carboxylic acids is 1. The number of unbranched alkanes of at least 4 members (excludes halogenated alkanes) is 4. The molecule has 34 nitrogen and oxygen atoms in total. The molecule has 117 heavy (non-hydrogen) atoms. The third-order valence-electron chi connectivity index (χ3n) is 18.8. The Labute approximate surface area is 678 Å². The molecule has 3 aromatic carbocycles.